The quantitative estimate of drug-likeness (QED) is 0.593. The lowest BCUT2D eigenvalue weighted by atomic mass is 10.9. The minimum absolute atomic E-state index is 0.819. The molecular formula is C6H17NO2S. The number of nitrogens with one attached hydrogen (secondary N) is 1. The van der Waals surface area contributed by atoms with Crippen LogP contribution in [0.5, 0.6) is 0 Å². The summed E-state index contributed by atoms with van der Waals surface area (Å²) in [6.07, 6.45) is 1.55. The molecule has 1 unspecified atom stereocenters. The molecule has 64 valence electrons. The normalized spacial score (nSPS) is 14.8. The predicted molar refractivity (Wildman–Crippen MR) is 47.8 cm³/mol. The topological polar surface area (TPSA) is 38.3 Å². The Balaban J connectivity index is 0. The van der Waals surface area contributed by atoms with E-state index in [0.29, 0.717) is 0 Å². The third-order valence-corrected chi connectivity index (χ3v) is 1.58. The van der Waals surface area contributed by atoms with E-state index in [2.05, 4.69) is 15.3 Å². The molecule has 0 rings (SSSR count). The second-order valence-corrected chi connectivity index (χ2v) is 4.20. The molecule has 0 fully saturated rings. The van der Waals surface area contributed by atoms with Gasteiger partial charge in [-0.3, -0.25) is 4.21 Å². The van der Waals surface area contributed by atoms with Gasteiger partial charge in [0.25, 0.3) is 0 Å². The van der Waals surface area contributed by atoms with Crippen molar-refractivity contribution in [3.8, 4) is 0 Å². The van der Waals surface area contributed by atoms with Crippen LogP contribution in [0.2, 0.25) is 0 Å². The molecule has 0 radical (unpaired) electrons. The van der Waals surface area contributed by atoms with Crippen molar-refractivity contribution in [3.63, 3.8) is 0 Å². The van der Waals surface area contributed by atoms with Crippen LogP contribution in [0.4, 0.5) is 0 Å². The highest BCUT2D eigenvalue weighted by molar-refractivity contribution is 7.97. The fraction of sp³-hybridized carbons (Fsp3) is 0.833. The molecule has 0 spiro atoms. The van der Waals surface area contributed by atoms with Gasteiger partial charge in [0.2, 0.25) is 0 Å². The van der Waals surface area contributed by atoms with Crippen LogP contribution in [0.25, 0.3) is 0 Å². The monoisotopic (exact) mass is 167 g/mol. The van der Waals surface area contributed by atoms with Crippen LogP contribution in [0.3, 0.4) is 0 Å². The molecule has 0 aliphatic carbocycles. The summed E-state index contributed by atoms with van der Waals surface area (Å²) in [4.78, 5) is 0. The molecule has 1 N–H and O–H groups in total. The van der Waals surface area contributed by atoms with E-state index in [9.17, 15) is 4.21 Å². The first-order chi connectivity index (χ1) is 4.47. The number of rotatable bonds is 2. The Hall–Kier alpha value is -0.0600. The maximum atomic E-state index is 10.3. The highest BCUT2D eigenvalue weighted by Gasteiger charge is 1.79. The highest BCUT2D eigenvalue weighted by atomic mass is 32.2. The summed E-state index contributed by atoms with van der Waals surface area (Å²) in [6, 6.07) is 0. The van der Waals surface area contributed by atoms with Gasteiger partial charge in [-0.05, 0) is 19.8 Å². The van der Waals surface area contributed by atoms with E-state index in [0.717, 1.165) is 6.61 Å². The first-order valence-corrected chi connectivity index (χ1v) is 5.11. The molecule has 4 heteroatoms. The zero-order valence-corrected chi connectivity index (χ0v) is 7.96. The largest absolute Gasteiger partial charge is 0.385 e. The molecule has 3 nitrogen and oxygen atoms in total. The molecule has 0 aromatic carbocycles. The smallest absolute Gasteiger partial charge is 0.0433 e. The summed E-state index contributed by atoms with van der Waals surface area (Å²) in [5.41, 5.74) is 0. The maximum absolute atomic E-state index is 10.3. The lowest BCUT2D eigenvalue weighted by Gasteiger charge is -1.92. The predicted octanol–water partition coefficient (Wildman–Crippen LogP) is 0.120. The van der Waals surface area contributed by atoms with Crippen LogP contribution in [-0.2, 0) is 14.4 Å². The molecule has 0 aliphatic heterocycles. The molecule has 0 amide bonds. The van der Waals surface area contributed by atoms with Crippen molar-refractivity contribution in [1.82, 2.24) is 4.72 Å². The molecule has 0 saturated heterocycles. The summed E-state index contributed by atoms with van der Waals surface area (Å²) in [7, 11) is 1.39. The molecule has 1 atom stereocenters. The Morgan fingerprint density at radius 1 is 1.70 bits per heavy atom. The summed E-state index contributed by atoms with van der Waals surface area (Å²) in [5, 5.41) is 0. The van der Waals surface area contributed by atoms with Crippen molar-refractivity contribution >= 4 is 15.6 Å². The van der Waals surface area contributed by atoms with Crippen molar-refractivity contribution in [2.45, 2.75) is 6.92 Å². The average Bonchev–Trinajstić information content (AvgIpc) is 1.87. The van der Waals surface area contributed by atoms with Crippen LogP contribution in [0, 0.1) is 0 Å². The van der Waals surface area contributed by atoms with Crippen LogP contribution in [0.15, 0.2) is 0 Å². The molecule has 0 heterocycles. The first-order valence-electron chi connectivity index (χ1n) is 2.97. The van der Waals surface area contributed by atoms with Crippen molar-refractivity contribution in [2.75, 3.05) is 27.0 Å². The van der Waals surface area contributed by atoms with Crippen LogP contribution >= 0.6 is 0 Å². The van der Waals surface area contributed by atoms with Gasteiger partial charge in [0.1, 0.15) is 0 Å². The van der Waals surface area contributed by atoms with E-state index >= 15 is 0 Å². The van der Waals surface area contributed by atoms with E-state index < -0.39 is 9.71 Å². The Morgan fingerprint density at radius 3 is 1.90 bits per heavy atom. The number of hydrogen-bond acceptors (Lipinski definition) is 2. The van der Waals surface area contributed by atoms with Gasteiger partial charge >= 0.3 is 0 Å². The van der Waals surface area contributed by atoms with Gasteiger partial charge in [-0.2, -0.15) is 0 Å². The van der Waals surface area contributed by atoms with E-state index in [1.54, 1.807) is 20.4 Å². The zero-order valence-electron chi connectivity index (χ0n) is 7.14. The van der Waals surface area contributed by atoms with E-state index in [1.807, 2.05) is 6.92 Å². The van der Waals surface area contributed by atoms with Crippen molar-refractivity contribution < 1.29 is 8.95 Å². The summed E-state index contributed by atoms with van der Waals surface area (Å²) < 4.78 is 17.4. The number of hydrogen-bond donors (Lipinski definition) is 1. The Kier molecular flexibility index (Phi) is 8.89. The third kappa shape index (κ3) is 24.6. The van der Waals surface area contributed by atoms with Gasteiger partial charge in [-0.25, -0.2) is 4.72 Å². The van der Waals surface area contributed by atoms with Gasteiger partial charge in [-0.15, -0.1) is 0 Å². The Morgan fingerprint density at radius 2 is 1.90 bits per heavy atom. The Labute approximate surface area is 63.9 Å². The second kappa shape index (κ2) is 7.05. The fourth-order valence-electron chi connectivity index (χ4n) is 0. The molecule has 0 aliphatic rings. The molecule has 0 saturated carbocycles. The van der Waals surface area contributed by atoms with Crippen molar-refractivity contribution in [2.24, 2.45) is 0 Å². The van der Waals surface area contributed by atoms with Gasteiger partial charge in [0.15, 0.2) is 0 Å². The summed E-state index contributed by atoms with van der Waals surface area (Å²) >= 11 is 0. The minimum Gasteiger partial charge on any atom is -0.385 e. The third-order valence-electron chi connectivity index (χ3n) is 0.720. The number of ether oxygens (including phenoxy) is 1. The van der Waals surface area contributed by atoms with Gasteiger partial charge < -0.3 is 4.74 Å². The van der Waals surface area contributed by atoms with Gasteiger partial charge in [-0.1, -0.05) is 0 Å². The molecule has 0 aromatic rings. The van der Waals surface area contributed by atoms with Crippen LogP contribution < -0.4 is 4.72 Å². The lowest BCUT2D eigenvalue weighted by molar-refractivity contribution is 0.215. The van der Waals surface area contributed by atoms with Gasteiger partial charge in [0.05, 0.1) is 0 Å². The van der Waals surface area contributed by atoms with Crippen LogP contribution in [0.1, 0.15) is 6.92 Å². The van der Waals surface area contributed by atoms with Crippen molar-refractivity contribution in [1.29, 1.82) is 0 Å². The minimum atomic E-state index is -1.91. The molecule has 0 aromatic heterocycles. The highest BCUT2D eigenvalue weighted by Crippen LogP contribution is 1.63. The maximum Gasteiger partial charge on any atom is 0.0433 e. The summed E-state index contributed by atoms with van der Waals surface area (Å²) in [5.74, 6) is 3.31. The molecular weight excluding hydrogens is 150 g/mol. The first kappa shape index (κ1) is 12.6. The standard InChI is InChI=1S/C3H9NOS.C3H8O/c1-4-6(2,3)5;1-3-4-2/h2H2,1,3H3,(H,4,5);3H2,1-2H3. The Bertz CT molecular complexity index is 138. The van der Waals surface area contributed by atoms with E-state index in [-0.39, 0.29) is 0 Å². The fourth-order valence-corrected chi connectivity index (χ4v) is 0. The van der Waals surface area contributed by atoms with Gasteiger partial charge in [0, 0.05) is 29.7 Å². The zero-order chi connectivity index (χ0) is 8.62. The van der Waals surface area contributed by atoms with Crippen molar-refractivity contribution in [3.05, 3.63) is 0 Å². The second-order valence-electron chi connectivity index (χ2n) is 1.79. The van der Waals surface area contributed by atoms with E-state index in [1.165, 1.54) is 0 Å². The SMILES string of the molecule is C=S(C)(=O)NC.CCOC. The number of methoxy groups -OCH3 is 1. The average molecular weight is 167 g/mol. The molecule has 0 bridgehead atoms. The molecule has 10 heavy (non-hydrogen) atoms. The van der Waals surface area contributed by atoms with E-state index in [4.69, 9.17) is 0 Å². The summed E-state index contributed by atoms with van der Waals surface area (Å²) in [6.45, 7) is 2.78. The van der Waals surface area contributed by atoms with Crippen LogP contribution in [-0.4, -0.2) is 37.1 Å². The lowest BCUT2D eigenvalue weighted by Crippen LogP contribution is -2.14.